The summed E-state index contributed by atoms with van der Waals surface area (Å²) < 4.78 is 0. The fourth-order valence-electron chi connectivity index (χ4n) is 1.31. The maximum atomic E-state index is 2.39. The summed E-state index contributed by atoms with van der Waals surface area (Å²) in [5.74, 6) is 1.84. The first-order valence-corrected chi connectivity index (χ1v) is 5.16. The summed E-state index contributed by atoms with van der Waals surface area (Å²) >= 11 is 0. The van der Waals surface area contributed by atoms with Crippen LogP contribution in [-0.2, 0) is 0 Å². The van der Waals surface area contributed by atoms with Gasteiger partial charge in [0.1, 0.15) is 7.85 Å². The topological polar surface area (TPSA) is 0 Å². The summed E-state index contributed by atoms with van der Waals surface area (Å²) in [6, 6.07) is 0. The second-order valence-corrected chi connectivity index (χ2v) is 4.22. The molecule has 0 saturated heterocycles. The molecule has 0 heterocycles. The molecular formula is C10H23B. The highest BCUT2D eigenvalue weighted by Crippen LogP contribution is 2.19. The predicted octanol–water partition coefficient (Wildman–Crippen LogP) is 3.03. The Morgan fingerprint density at radius 3 is 2.18 bits per heavy atom. The second-order valence-electron chi connectivity index (χ2n) is 4.22. The molecule has 0 aliphatic rings. The molecule has 0 nitrogen and oxygen atoms in total. The summed E-state index contributed by atoms with van der Waals surface area (Å²) in [7, 11) is 2.39. The lowest BCUT2D eigenvalue weighted by Crippen LogP contribution is -1.96. The fourth-order valence-corrected chi connectivity index (χ4v) is 1.31. The molecule has 0 fully saturated rings. The summed E-state index contributed by atoms with van der Waals surface area (Å²) in [4.78, 5) is 0. The van der Waals surface area contributed by atoms with E-state index < -0.39 is 0 Å². The van der Waals surface area contributed by atoms with Crippen LogP contribution in [0.1, 0.15) is 52.9 Å². The van der Waals surface area contributed by atoms with E-state index in [1.165, 1.54) is 32.1 Å². The molecule has 0 aromatic carbocycles. The third-order valence-electron chi connectivity index (χ3n) is 2.29. The van der Waals surface area contributed by atoms with Crippen LogP contribution in [0.2, 0.25) is 5.82 Å². The molecule has 11 heavy (non-hydrogen) atoms. The van der Waals surface area contributed by atoms with Crippen LogP contribution < -0.4 is 0 Å². The van der Waals surface area contributed by atoms with E-state index >= 15 is 0 Å². The van der Waals surface area contributed by atoms with E-state index in [1.807, 2.05) is 0 Å². The van der Waals surface area contributed by atoms with Crippen LogP contribution in [0.3, 0.4) is 0 Å². The standard InChI is InChI=1S/C10H23B/c1-4-5-6-10(11)8-7-9(2)3/h9-10H,4-8,11H2,1-3H3/t10-/m0/s1. The minimum Gasteiger partial charge on any atom is -0.0697 e. The van der Waals surface area contributed by atoms with E-state index in [0.29, 0.717) is 0 Å². The molecule has 0 N–H and O–H groups in total. The van der Waals surface area contributed by atoms with Crippen molar-refractivity contribution >= 4 is 7.85 Å². The highest BCUT2D eigenvalue weighted by Gasteiger charge is 2.02. The van der Waals surface area contributed by atoms with Gasteiger partial charge in [-0.1, -0.05) is 58.7 Å². The smallest absolute Gasteiger partial charge is 0.0697 e. The van der Waals surface area contributed by atoms with Gasteiger partial charge < -0.3 is 0 Å². The van der Waals surface area contributed by atoms with Crippen LogP contribution >= 0.6 is 0 Å². The fraction of sp³-hybridized carbons (Fsp3) is 1.00. The van der Waals surface area contributed by atoms with Gasteiger partial charge in [0.25, 0.3) is 0 Å². The molecule has 0 aliphatic heterocycles. The number of hydrogen-bond donors (Lipinski definition) is 0. The Balaban J connectivity index is 3.15. The van der Waals surface area contributed by atoms with Crippen LogP contribution in [0.25, 0.3) is 0 Å². The Bertz CT molecular complexity index is 78.9. The zero-order valence-corrected chi connectivity index (χ0v) is 8.69. The predicted molar refractivity (Wildman–Crippen MR) is 55.9 cm³/mol. The van der Waals surface area contributed by atoms with Crippen molar-refractivity contribution in [2.45, 2.75) is 58.7 Å². The SMILES string of the molecule is B[C@@H](CCCC)CCC(C)C. The van der Waals surface area contributed by atoms with Gasteiger partial charge in [0.2, 0.25) is 0 Å². The molecular weight excluding hydrogens is 131 g/mol. The molecule has 0 aromatic heterocycles. The molecule has 0 aliphatic carbocycles. The second kappa shape index (κ2) is 6.76. The van der Waals surface area contributed by atoms with E-state index in [9.17, 15) is 0 Å². The van der Waals surface area contributed by atoms with E-state index in [1.54, 1.807) is 0 Å². The van der Waals surface area contributed by atoms with Gasteiger partial charge in [0.15, 0.2) is 0 Å². The van der Waals surface area contributed by atoms with Gasteiger partial charge >= 0.3 is 0 Å². The lowest BCUT2D eigenvalue weighted by molar-refractivity contribution is 0.518. The minimum absolute atomic E-state index is 0.888. The van der Waals surface area contributed by atoms with Gasteiger partial charge in [0.05, 0.1) is 0 Å². The van der Waals surface area contributed by atoms with Crippen molar-refractivity contribution in [2.75, 3.05) is 0 Å². The molecule has 1 heteroatoms. The third kappa shape index (κ3) is 7.97. The summed E-state index contributed by atoms with van der Waals surface area (Å²) in [6.45, 7) is 6.90. The summed E-state index contributed by atoms with van der Waals surface area (Å²) in [5.41, 5.74) is 0. The zero-order chi connectivity index (χ0) is 8.69. The highest BCUT2D eigenvalue weighted by molar-refractivity contribution is 6.11. The quantitative estimate of drug-likeness (QED) is 0.516. The van der Waals surface area contributed by atoms with Gasteiger partial charge in [-0.25, -0.2) is 0 Å². The molecule has 0 saturated carbocycles. The molecule has 0 bridgehead atoms. The lowest BCUT2D eigenvalue weighted by Gasteiger charge is -2.11. The van der Waals surface area contributed by atoms with Crippen molar-refractivity contribution in [3.63, 3.8) is 0 Å². The number of unbranched alkanes of at least 4 members (excludes halogenated alkanes) is 1. The molecule has 0 radical (unpaired) electrons. The van der Waals surface area contributed by atoms with Crippen LogP contribution in [0.4, 0.5) is 0 Å². The minimum atomic E-state index is 0.888. The van der Waals surface area contributed by atoms with Crippen molar-refractivity contribution in [1.29, 1.82) is 0 Å². The maximum Gasteiger partial charge on any atom is 0.105 e. The first kappa shape index (κ1) is 11.1. The largest absolute Gasteiger partial charge is 0.105 e. The molecule has 1 atom stereocenters. The first-order chi connectivity index (χ1) is 5.16. The average molecular weight is 154 g/mol. The Kier molecular flexibility index (Phi) is 6.80. The number of rotatable bonds is 6. The zero-order valence-electron chi connectivity index (χ0n) is 8.69. The van der Waals surface area contributed by atoms with Gasteiger partial charge in [-0.3, -0.25) is 0 Å². The van der Waals surface area contributed by atoms with E-state index in [-0.39, 0.29) is 0 Å². The first-order valence-electron chi connectivity index (χ1n) is 5.16. The van der Waals surface area contributed by atoms with Crippen molar-refractivity contribution in [3.8, 4) is 0 Å². The molecule has 66 valence electrons. The van der Waals surface area contributed by atoms with Crippen LogP contribution in [-0.4, -0.2) is 7.85 Å². The Morgan fingerprint density at radius 1 is 1.09 bits per heavy atom. The van der Waals surface area contributed by atoms with Crippen LogP contribution in [0.15, 0.2) is 0 Å². The Hall–Kier alpha value is 0.0649. The van der Waals surface area contributed by atoms with Gasteiger partial charge in [0, 0.05) is 0 Å². The molecule has 0 spiro atoms. The van der Waals surface area contributed by atoms with E-state index in [0.717, 1.165) is 11.7 Å². The molecule has 0 amide bonds. The van der Waals surface area contributed by atoms with Crippen molar-refractivity contribution in [3.05, 3.63) is 0 Å². The summed E-state index contributed by atoms with van der Waals surface area (Å²) in [5, 5.41) is 0. The maximum absolute atomic E-state index is 2.39. The van der Waals surface area contributed by atoms with Crippen molar-refractivity contribution < 1.29 is 0 Å². The monoisotopic (exact) mass is 154 g/mol. The molecule has 0 unspecified atom stereocenters. The number of hydrogen-bond acceptors (Lipinski definition) is 0. The van der Waals surface area contributed by atoms with Crippen molar-refractivity contribution in [1.82, 2.24) is 0 Å². The van der Waals surface area contributed by atoms with Crippen LogP contribution in [0.5, 0.6) is 0 Å². The van der Waals surface area contributed by atoms with Gasteiger partial charge in [-0.15, -0.1) is 0 Å². The van der Waals surface area contributed by atoms with Gasteiger partial charge in [-0.2, -0.15) is 0 Å². The summed E-state index contributed by atoms with van der Waals surface area (Å²) in [6.07, 6.45) is 7.04. The molecule has 0 aromatic rings. The average Bonchev–Trinajstić information content (AvgIpc) is 1.97. The van der Waals surface area contributed by atoms with Gasteiger partial charge in [-0.05, 0) is 5.92 Å². The van der Waals surface area contributed by atoms with E-state index in [4.69, 9.17) is 0 Å². The van der Waals surface area contributed by atoms with Crippen molar-refractivity contribution in [2.24, 2.45) is 5.92 Å². The third-order valence-corrected chi connectivity index (χ3v) is 2.29. The Labute approximate surface area is 73.2 Å². The van der Waals surface area contributed by atoms with Crippen LogP contribution in [0, 0.1) is 5.92 Å². The molecule has 0 rings (SSSR count). The lowest BCUT2D eigenvalue weighted by atomic mass is 9.78. The Morgan fingerprint density at radius 2 is 1.73 bits per heavy atom. The highest BCUT2D eigenvalue weighted by atomic mass is 14.0. The van der Waals surface area contributed by atoms with E-state index in [2.05, 4.69) is 28.6 Å². The normalized spacial score (nSPS) is 13.8.